The molecule has 2 aromatic rings. The fourth-order valence-corrected chi connectivity index (χ4v) is 2.86. The fourth-order valence-electron chi connectivity index (χ4n) is 2.31. The van der Waals surface area contributed by atoms with Gasteiger partial charge >= 0.3 is 0 Å². The van der Waals surface area contributed by atoms with E-state index in [1.54, 1.807) is 12.1 Å². The summed E-state index contributed by atoms with van der Waals surface area (Å²) in [5, 5.41) is 5.85. The van der Waals surface area contributed by atoms with Crippen molar-refractivity contribution >= 4 is 40.7 Å². The normalized spacial score (nSPS) is 10.3. The first kappa shape index (κ1) is 20.9. The number of aryl methyl sites for hydroxylation is 1. The molecule has 2 amide bonds. The summed E-state index contributed by atoms with van der Waals surface area (Å²) in [5.74, 6) is -0.170. The Morgan fingerprint density at radius 3 is 2.48 bits per heavy atom. The largest absolute Gasteiger partial charge is 0.493 e. The SMILES string of the molecule is CCOc1c(Cl)cc(C(=O)NCC(=O)Nc2ccc(C)cc2Cl)cc1OC. The minimum Gasteiger partial charge on any atom is -0.493 e. The van der Waals surface area contributed by atoms with Gasteiger partial charge in [-0.1, -0.05) is 29.3 Å². The highest BCUT2D eigenvalue weighted by Gasteiger charge is 2.16. The lowest BCUT2D eigenvalue weighted by Crippen LogP contribution is -2.33. The van der Waals surface area contributed by atoms with Crippen LogP contribution in [0.5, 0.6) is 11.5 Å². The Kier molecular flexibility index (Phi) is 7.33. The monoisotopic (exact) mass is 410 g/mol. The number of hydrogen-bond acceptors (Lipinski definition) is 4. The zero-order valence-electron chi connectivity index (χ0n) is 15.2. The molecule has 0 saturated carbocycles. The molecule has 0 aliphatic rings. The molecule has 0 aliphatic heterocycles. The van der Waals surface area contributed by atoms with Gasteiger partial charge in [0.1, 0.15) is 0 Å². The van der Waals surface area contributed by atoms with Gasteiger partial charge in [-0.15, -0.1) is 0 Å². The number of methoxy groups -OCH3 is 1. The Morgan fingerprint density at radius 2 is 1.85 bits per heavy atom. The van der Waals surface area contributed by atoms with E-state index in [1.165, 1.54) is 19.2 Å². The van der Waals surface area contributed by atoms with Crippen LogP contribution < -0.4 is 20.1 Å². The number of halogens is 2. The van der Waals surface area contributed by atoms with E-state index in [2.05, 4.69) is 10.6 Å². The summed E-state index contributed by atoms with van der Waals surface area (Å²) in [4.78, 5) is 24.4. The van der Waals surface area contributed by atoms with E-state index in [-0.39, 0.29) is 17.1 Å². The number of carbonyl (C=O) groups excluding carboxylic acids is 2. The predicted octanol–water partition coefficient (Wildman–Crippen LogP) is 4.08. The van der Waals surface area contributed by atoms with Gasteiger partial charge in [-0.05, 0) is 43.7 Å². The van der Waals surface area contributed by atoms with Gasteiger partial charge in [0.2, 0.25) is 5.91 Å². The zero-order chi connectivity index (χ0) is 20.0. The van der Waals surface area contributed by atoms with Crippen molar-refractivity contribution in [2.75, 3.05) is 25.6 Å². The second kappa shape index (κ2) is 9.48. The number of ether oxygens (including phenoxy) is 2. The highest BCUT2D eigenvalue weighted by atomic mass is 35.5. The third-order valence-corrected chi connectivity index (χ3v) is 4.18. The van der Waals surface area contributed by atoms with Crippen LogP contribution >= 0.6 is 23.2 Å². The van der Waals surface area contributed by atoms with Crippen LogP contribution in [0.3, 0.4) is 0 Å². The van der Waals surface area contributed by atoms with Crippen LogP contribution in [0.25, 0.3) is 0 Å². The molecule has 2 rings (SSSR count). The van der Waals surface area contributed by atoms with Gasteiger partial charge in [0.15, 0.2) is 11.5 Å². The van der Waals surface area contributed by atoms with E-state index in [0.717, 1.165) is 5.56 Å². The molecule has 8 heteroatoms. The van der Waals surface area contributed by atoms with Crippen LogP contribution in [-0.2, 0) is 4.79 Å². The number of amides is 2. The van der Waals surface area contributed by atoms with Crippen molar-refractivity contribution in [1.29, 1.82) is 0 Å². The van der Waals surface area contributed by atoms with Gasteiger partial charge in [-0.25, -0.2) is 0 Å². The van der Waals surface area contributed by atoms with Gasteiger partial charge in [-0.2, -0.15) is 0 Å². The first-order valence-electron chi connectivity index (χ1n) is 8.20. The molecule has 27 heavy (non-hydrogen) atoms. The van der Waals surface area contributed by atoms with Crippen LogP contribution in [-0.4, -0.2) is 32.1 Å². The first-order valence-corrected chi connectivity index (χ1v) is 8.95. The second-order valence-corrected chi connectivity index (χ2v) is 6.45. The predicted molar refractivity (Wildman–Crippen MR) is 106 cm³/mol. The summed E-state index contributed by atoms with van der Waals surface area (Å²) in [6.07, 6.45) is 0. The van der Waals surface area contributed by atoms with Crippen LogP contribution in [0.1, 0.15) is 22.8 Å². The summed E-state index contributed by atoms with van der Waals surface area (Å²) < 4.78 is 10.6. The van der Waals surface area contributed by atoms with Crippen LogP contribution in [0, 0.1) is 6.92 Å². The summed E-state index contributed by atoms with van der Waals surface area (Å²) in [5.41, 5.74) is 1.71. The summed E-state index contributed by atoms with van der Waals surface area (Å²) in [6, 6.07) is 8.23. The van der Waals surface area contributed by atoms with E-state index in [0.29, 0.717) is 28.8 Å². The molecular weight excluding hydrogens is 391 g/mol. The van der Waals surface area contributed by atoms with Gasteiger partial charge in [0.05, 0.1) is 36.0 Å². The lowest BCUT2D eigenvalue weighted by Gasteiger charge is -2.13. The number of carbonyl (C=O) groups is 2. The summed E-state index contributed by atoms with van der Waals surface area (Å²) in [7, 11) is 1.45. The van der Waals surface area contributed by atoms with E-state index in [9.17, 15) is 9.59 Å². The van der Waals surface area contributed by atoms with Gasteiger partial charge in [0.25, 0.3) is 5.91 Å². The van der Waals surface area contributed by atoms with E-state index in [4.69, 9.17) is 32.7 Å². The third-order valence-electron chi connectivity index (χ3n) is 3.59. The average molecular weight is 411 g/mol. The molecule has 0 unspecified atom stereocenters. The number of nitrogens with one attached hydrogen (secondary N) is 2. The molecule has 0 radical (unpaired) electrons. The standard InChI is InChI=1S/C19H20Cl2N2O4/c1-4-27-18-14(21)8-12(9-16(18)26-3)19(25)22-10-17(24)23-15-6-5-11(2)7-13(15)20/h5-9H,4,10H2,1-3H3,(H,22,25)(H,23,24). The van der Waals surface area contributed by atoms with Crippen molar-refractivity contribution in [2.24, 2.45) is 0 Å². The molecule has 6 nitrogen and oxygen atoms in total. The molecule has 2 N–H and O–H groups in total. The lowest BCUT2D eigenvalue weighted by molar-refractivity contribution is -0.115. The Morgan fingerprint density at radius 1 is 1.11 bits per heavy atom. The molecule has 2 aromatic carbocycles. The van der Waals surface area contributed by atoms with Crippen LogP contribution in [0.15, 0.2) is 30.3 Å². The van der Waals surface area contributed by atoms with Gasteiger partial charge < -0.3 is 20.1 Å². The molecule has 0 saturated heterocycles. The summed E-state index contributed by atoms with van der Waals surface area (Å²) >= 11 is 12.2. The van der Waals surface area contributed by atoms with Crippen molar-refractivity contribution in [3.05, 3.63) is 51.5 Å². The molecule has 144 valence electrons. The van der Waals surface area contributed by atoms with Crippen LogP contribution in [0.2, 0.25) is 10.0 Å². The van der Waals surface area contributed by atoms with Crippen molar-refractivity contribution in [3.63, 3.8) is 0 Å². The Balaban J connectivity index is 2.02. The number of hydrogen-bond donors (Lipinski definition) is 2. The minimum atomic E-state index is -0.469. The molecule has 0 atom stereocenters. The Bertz CT molecular complexity index is 856. The number of anilines is 1. The van der Waals surface area contributed by atoms with E-state index < -0.39 is 11.8 Å². The summed E-state index contributed by atoms with van der Waals surface area (Å²) in [6.45, 7) is 3.89. The smallest absolute Gasteiger partial charge is 0.251 e. The van der Waals surface area contributed by atoms with Crippen molar-refractivity contribution < 1.29 is 19.1 Å². The van der Waals surface area contributed by atoms with Gasteiger partial charge in [-0.3, -0.25) is 9.59 Å². The number of rotatable bonds is 7. The minimum absolute atomic E-state index is 0.226. The maximum atomic E-state index is 12.3. The molecule has 0 spiro atoms. The fraction of sp³-hybridized carbons (Fsp3) is 0.263. The molecule has 0 bridgehead atoms. The molecule has 0 aromatic heterocycles. The van der Waals surface area contributed by atoms with Crippen molar-refractivity contribution in [2.45, 2.75) is 13.8 Å². The first-order chi connectivity index (χ1) is 12.8. The molecular formula is C19H20Cl2N2O4. The van der Waals surface area contributed by atoms with E-state index >= 15 is 0 Å². The molecule has 0 fully saturated rings. The van der Waals surface area contributed by atoms with Crippen molar-refractivity contribution in [1.82, 2.24) is 5.32 Å². The Hall–Kier alpha value is -2.44. The average Bonchev–Trinajstić information content (AvgIpc) is 2.63. The third kappa shape index (κ3) is 5.52. The number of benzene rings is 2. The topological polar surface area (TPSA) is 76.7 Å². The maximum Gasteiger partial charge on any atom is 0.251 e. The maximum absolute atomic E-state index is 12.3. The Labute approximate surface area is 167 Å². The second-order valence-electron chi connectivity index (χ2n) is 5.64. The zero-order valence-corrected chi connectivity index (χ0v) is 16.7. The van der Waals surface area contributed by atoms with E-state index in [1.807, 2.05) is 19.9 Å². The molecule has 0 heterocycles. The highest BCUT2D eigenvalue weighted by Crippen LogP contribution is 2.36. The lowest BCUT2D eigenvalue weighted by atomic mass is 10.2. The van der Waals surface area contributed by atoms with Crippen molar-refractivity contribution in [3.8, 4) is 11.5 Å². The molecule has 0 aliphatic carbocycles. The van der Waals surface area contributed by atoms with Gasteiger partial charge in [0, 0.05) is 5.56 Å². The quantitative estimate of drug-likeness (QED) is 0.720. The van der Waals surface area contributed by atoms with Crippen LogP contribution in [0.4, 0.5) is 5.69 Å². The highest BCUT2D eigenvalue weighted by molar-refractivity contribution is 6.34.